The summed E-state index contributed by atoms with van der Waals surface area (Å²) in [5.74, 6) is -1.01. The van der Waals surface area contributed by atoms with Crippen LogP contribution in [0.1, 0.15) is 37.2 Å². The largest absolute Gasteiger partial charge is 0.480 e. The molecule has 2 amide bonds. The highest BCUT2D eigenvalue weighted by atomic mass is 16.4. The van der Waals surface area contributed by atoms with Gasteiger partial charge in [-0.2, -0.15) is 5.10 Å². The van der Waals surface area contributed by atoms with Gasteiger partial charge in [-0.1, -0.05) is 6.92 Å². The van der Waals surface area contributed by atoms with E-state index in [0.29, 0.717) is 13.0 Å². The lowest BCUT2D eigenvalue weighted by molar-refractivity contribution is -0.138. The van der Waals surface area contributed by atoms with Crippen molar-refractivity contribution in [2.45, 2.75) is 46.7 Å². The molecule has 0 bridgehead atoms. The highest BCUT2D eigenvalue weighted by molar-refractivity contribution is 5.80. The van der Waals surface area contributed by atoms with Crippen molar-refractivity contribution in [2.75, 3.05) is 6.54 Å². The molecule has 1 rings (SSSR count). The molecule has 0 aromatic carbocycles. The third-order valence-corrected chi connectivity index (χ3v) is 3.76. The maximum absolute atomic E-state index is 12.2. The molecule has 0 radical (unpaired) electrons. The Morgan fingerprint density at radius 3 is 2.48 bits per heavy atom. The zero-order valence-electron chi connectivity index (χ0n) is 13.3. The summed E-state index contributed by atoms with van der Waals surface area (Å²) in [7, 11) is 1.85. The maximum atomic E-state index is 12.2. The molecular formula is C14H24N4O3. The van der Waals surface area contributed by atoms with E-state index in [1.54, 1.807) is 4.68 Å². The minimum Gasteiger partial charge on any atom is -0.480 e. The molecule has 7 heteroatoms. The number of hydrogen-bond donors (Lipinski definition) is 2. The highest BCUT2D eigenvalue weighted by Crippen LogP contribution is 2.12. The Labute approximate surface area is 124 Å². The number of aliphatic carboxylic acids is 1. The predicted octanol–water partition coefficient (Wildman–Crippen LogP) is 1.43. The summed E-state index contributed by atoms with van der Waals surface area (Å²) in [4.78, 5) is 24.4. The van der Waals surface area contributed by atoms with E-state index in [9.17, 15) is 9.59 Å². The van der Waals surface area contributed by atoms with Crippen LogP contribution in [0, 0.1) is 13.8 Å². The molecule has 1 heterocycles. The van der Waals surface area contributed by atoms with E-state index < -0.39 is 5.97 Å². The topological polar surface area (TPSA) is 87.5 Å². The SMILES string of the molecule is CCC(C)N(CC(=O)O)C(=O)NCc1c(C)nn(C)c1C. The number of amides is 2. The number of carboxylic acid groups (broad SMARTS) is 1. The molecule has 0 fully saturated rings. The molecule has 1 aromatic rings. The Bertz CT molecular complexity index is 525. The molecule has 7 nitrogen and oxygen atoms in total. The number of aromatic nitrogens is 2. The molecular weight excluding hydrogens is 272 g/mol. The lowest BCUT2D eigenvalue weighted by atomic mass is 10.2. The smallest absolute Gasteiger partial charge is 0.323 e. The molecule has 0 saturated heterocycles. The van der Waals surface area contributed by atoms with Gasteiger partial charge in [0.25, 0.3) is 0 Å². The van der Waals surface area contributed by atoms with Gasteiger partial charge in [0.1, 0.15) is 6.54 Å². The number of nitrogens with one attached hydrogen (secondary N) is 1. The number of carbonyl (C=O) groups excluding carboxylic acids is 1. The Hall–Kier alpha value is -2.05. The molecule has 1 atom stereocenters. The van der Waals surface area contributed by atoms with Crippen LogP contribution in [0.25, 0.3) is 0 Å². The normalized spacial score (nSPS) is 12.0. The summed E-state index contributed by atoms with van der Waals surface area (Å²) in [6, 6.07) is -0.494. The summed E-state index contributed by atoms with van der Waals surface area (Å²) >= 11 is 0. The quantitative estimate of drug-likeness (QED) is 0.831. The van der Waals surface area contributed by atoms with E-state index in [1.165, 1.54) is 4.90 Å². The second kappa shape index (κ2) is 7.10. The average Bonchev–Trinajstić information content (AvgIpc) is 2.66. The van der Waals surface area contributed by atoms with Crippen molar-refractivity contribution < 1.29 is 14.7 Å². The summed E-state index contributed by atoms with van der Waals surface area (Å²) in [6.45, 7) is 7.62. The van der Waals surface area contributed by atoms with E-state index in [-0.39, 0.29) is 18.6 Å². The van der Waals surface area contributed by atoms with Crippen molar-refractivity contribution in [3.05, 3.63) is 17.0 Å². The van der Waals surface area contributed by atoms with Crippen LogP contribution in [-0.2, 0) is 18.4 Å². The zero-order valence-corrected chi connectivity index (χ0v) is 13.3. The standard InChI is InChI=1S/C14H24N4O3/c1-6-9(2)18(8-13(19)20)14(21)15-7-12-10(3)16-17(5)11(12)4/h9H,6-8H2,1-5H3,(H,15,21)(H,19,20). The zero-order chi connectivity index (χ0) is 16.2. The molecule has 2 N–H and O–H groups in total. The fourth-order valence-corrected chi connectivity index (χ4v) is 2.13. The maximum Gasteiger partial charge on any atom is 0.323 e. The summed E-state index contributed by atoms with van der Waals surface area (Å²) in [5.41, 5.74) is 2.81. The number of carboxylic acids is 1. The molecule has 1 aromatic heterocycles. The summed E-state index contributed by atoms with van der Waals surface area (Å²) in [6.07, 6.45) is 0.700. The van der Waals surface area contributed by atoms with Crippen molar-refractivity contribution >= 4 is 12.0 Å². The number of urea groups is 1. The van der Waals surface area contributed by atoms with Gasteiger partial charge in [-0.15, -0.1) is 0 Å². The Balaban J connectivity index is 2.75. The van der Waals surface area contributed by atoms with Crippen molar-refractivity contribution in [2.24, 2.45) is 7.05 Å². The van der Waals surface area contributed by atoms with Gasteiger partial charge in [0, 0.05) is 30.9 Å². The summed E-state index contributed by atoms with van der Waals surface area (Å²) in [5, 5.41) is 16.0. The van der Waals surface area contributed by atoms with Crippen LogP contribution >= 0.6 is 0 Å². The first kappa shape index (κ1) is 17.0. The van der Waals surface area contributed by atoms with Crippen LogP contribution in [0.15, 0.2) is 0 Å². The van der Waals surface area contributed by atoms with Crippen LogP contribution in [0.4, 0.5) is 4.79 Å². The second-order valence-corrected chi connectivity index (χ2v) is 5.21. The van der Waals surface area contributed by atoms with Crippen LogP contribution in [0.3, 0.4) is 0 Å². The Morgan fingerprint density at radius 2 is 2.05 bits per heavy atom. The number of aryl methyl sites for hydroxylation is 2. The number of carbonyl (C=O) groups is 2. The third kappa shape index (κ3) is 4.21. The summed E-state index contributed by atoms with van der Waals surface area (Å²) < 4.78 is 1.76. The molecule has 0 aliphatic carbocycles. The molecule has 0 saturated carbocycles. The van der Waals surface area contributed by atoms with Crippen molar-refractivity contribution in [3.8, 4) is 0 Å². The van der Waals surface area contributed by atoms with Crippen molar-refractivity contribution in [1.82, 2.24) is 20.0 Å². The van der Waals surface area contributed by atoms with Gasteiger partial charge in [0.05, 0.1) is 5.69 Å². The first-order valence-corrected chi connectivity index (χ1v) is 7.03. The Morgan fingerprint density at radius 1 is 1.43 bits per heavy atom. The fraction of sp³-hybridized carbons (Fsp3) is 0.643. The predicted molar refractivity (Wildman–Crippen MR) is 79.0 cm³/mol. The first-order valence-electron chi connectivity index (χ1n) is 7.03. The van der Waals surface area contributed by atoms with E-state index in [2.05, 4.69) is 10.4 Å². The molecule has 0 aliphatic rings. The third-order valence-electron chi connectivity index (χ3n) is 3.76. The van der Waals surface area contributed by atoms with Gasteiger partial charge >= 0.3 is 12.0 Å². The van der Waals surface area contributed by atoms with Gasteiger partial charge in [-0.25, -0.2) is 4.79 Å². The molecule has 0 aliphatic heterocycles. The minimum atomic E-state index is -1.01. The van der Waals surface area contributed by atoms with E-state index >= 15 is 0 Å². The van der Waals surface area contributed by atoms with Crippen molar-refractivity contribution in [3.63, 3.8) is 0 Å². The first-order chi connectivity index (χ1) is 9.77. The molecule has 21 heavy (non-hydrogen) atoms. The van der Waals surface area contributed by atoms with Crippen LogP contribution in [0.5, 0.6) is 0 Å². The molecule has 0 spiro atoms. The van der Waals surface area contributed by atoms with E-state index in [0.717, 1.165) is 17.0 Å². The lowest BCUT2D eigenvalue weighted by Gasteiger charge is -2.27. The number of nitrogens with zero attached hydrogens (tertiary/aromatic N) is 3. The fourth-order valence-electron chi connectivity index (χ4n) is 2.13. The van der Waals surface area contributed by atoms with Crippen molar-refractivity contribution in [1.29, 1.82) is 0 Å². The molecule has 118 valence electrons. The van der Waals surface area contributed by atoms with Crippen LogP contribution in [0.2, 0.25) is 0 Å². The second-order valence-electron chi connectivity index (χ2n) is 5.21. The van der Waals surface area contributed by atoms with Gasteiger partial charge < -0.3 is 15.3 Å². The minimum absolute atomic E-state index is 0.128. The monoisotopic (exact) mass is 296 g/mol. The average molecular weight is 296 g/mol. The highest BCUT2D eigenvalue weighted by Gasteiger charge is 2.22. The molecule has 1 unspecified atom stereocenters. The van der Waals surface area contributed by atoms with Crippen LogP contribution < -0.4 is 5.32 Å². The van der Waals surface area contributed by atoms with Gasteiger partial charge in [0.2, 0.25) is 0 Å². The van der Waals surface area contributed by atoms with Gasteiger partial charge in [-0.05, 0) is 27.2 Å². The number of rotatable bonds is 6. The lowest BCUT2D eigenvalue weighted by Crippen LogP contribution is -2.47. The van der Waals surface area contributed by atoms with Gasteiger partial charge in [-0.3, -0.25) is 9.48 Å². The van der Waals surface area contributed by atoms with Gasteiger partial charge in [0.15, 0.2) is 0 Å². The van der Waals surface area contributed by atoms with E-state index in [4.69, 9.17) is 5.11 Å². The van der Waals surface area contributed by atoms with Crippen LogP contribution in [-0.4, -0.2) is 44.4 Å². The number of hydrogen-bond acceptors (Lipinski definition) is 3. The Kier molecular flexibility index (Phi) is 5.75. The van der Waals surface area contributed by atoms with E-state index in [1.807, 2.05) is 34.7 Å².